The van der Waals surface area contributed by atoms with E-state index in [0.717, 1.165) is 12.8 Å². The van der Waals surface area contributed by atoms with Gasteiger partial charge in [-0.2, -0.15) is 0 Å². The van der Waals surface area contributed by atoms with Gasteiger partial charge in [0.1, 0.15) is 0 Å². The van der Waals surface area contributed by atoms with Crippen LogP contribution in [0.1, 0.15) is 110 Å². The molecule has 23 heavy (non-hydrogen) atoms. The molecule has 0 heterocycles. The maximum Gasteiger partial charge on any atom is 1.00 e. The molecular formula is C18H39CaMgNaO2. The van der Waals surface area contributed by atoms with Gasteiger partial charge in [0.25, 0.3) is 0 Å². The average Bonchev–Trinajstić information content (AvgIpc) is 2.43. The monoisotopic (exact) mass is 374 g/mol. The smallest absolute Gasteiger partial charge is 0.316 e. The first-order chi connectivity index (χ1) is 9.77. The molecule has 0 spiro atoms. The Morgan fingerprint density at radius 1 is 0.652 bits per heavy atom. The van der Waals surface area contributed by atoms with Crippen molar-refractivity contribution in [2.24, 2.45) is 0 Å². The van der Waals surface area contributed by atoms with Crippen molar-refractivity contribution >= 4 is 66.8 Å². The largest absolute Gasteiger partial charge is 1.00 e. The third-order valence-electron chi connectivity index (χ3n) is 3.98. The van der Waals surface area contributed by atoms with Crippen molar-refractivity contribution in [1.29, 1.82) is 0 Å². The number of carbonyl (C=O) groups is 1. The number of carboxylic acid groups (broad SMARTS) is 1. The van der Waals surface area contributed by atoms with Gasteiger partial charge < -0.3 is 9.90 Å². The van der Waals surface area contributed by atoms with Gasteiger partial charge in [-0.1, -0.05) is 96.8 Å². The van der Waals surface area contributed by atoms with Gasteiger partial charge in [-0.25, -0.2) is 0 Å². The molecule has 128 valence electrons. The summed E-state index contributed by atoms with van der Waals surface area (Å²) in [4.78, 5) is 10.2. The maximum atomic E-state index is 10.2. The molecule has 0 fully saturated rings. The summed E-state index contributed by atoms with van der Waals surface area (Å²) in [6, 6.07) is 0. The molecule has 0 N–H and O–H groups in total. The van der Waals surface area contributed by atoms with E-state index in [9.17, 15) is 9.90 Å². The fourth-order valence-electron chi connectivity index (χ4n) is 2.64. The molecule has 0 aromatic rings. The molecule has 0 radical (unpaired) electrons. The summed E-state index contributed by atoms with van der Waals surface area (Å²) in [5, 5.41) is 10.2. The Hall–Kier alpha value is 2.50. The third-order valence-corrected chi connectivity index (χ3v) is 3.98. The Morgan fingerprint density at radius 3 is 1.17 bits per heavy atom. The van der Waals surface area contributed by atoms with Crippen LogP contribution in [-0.2, 0) is 4.79 Å². The fourth-order valence-corrected chi connectivity index (χ4v) is 2.64. The number of unbranched alkanes of at least 4 members (excludes halogenated alkanes) is 14. The van der Waals surface area contributed by atoms with Crippen LogP contribution in [0.4, 0.5) is 0 Å². The molecule has 0 aliphatic carbocycles. The zero-order valence-electron chi connectivity index (χ0n) is 14.6. The van der Waals surface area contributed by atoms with E-state index < -0.39 is 5.97 Å². The van der Waals surface area contributed by atoms with Crippen LogP contribution >= 0.6 is 0 Å². The van der Waals surface area contributed by atoms with E-state index in [1.54, 1.807) is 0 Å². The van der Waals surface area contributed by atoms with E-state index >= 15 is 0 Å². The Labute approximate surface area is 213 Å². The third kappa shape index (κ3) is 32.6. The molecule has 0 aromatic carbocycles. The summed E-state index contributed by atoms with van der Waals surface area (Å²) in [7, 11) is 0. The van der Waals surface area contributed by atoms with Crippen LogP contribution in [0.15, 0.2) is 0 Å². The fraction of sp³-hybridized carbons (Fsp3) is 0.944. The average molecular weight is 375 g/mol. The molecule has 0 saturated carbocycles. The van der Waals surface area contributed by atoms with Gasteiger partial charge in [-0.3, -0.25) is 0 Å². The van der Waals surface area contributed by atoms with Gasteiger partial charge in [0.2, 0.25) is 0 Å². The molecule has 0 aliphatic heterocycles. The number of hydrogen-bond acceptors (Lipinski definition) is 2. The van der Waals surface area contributed by atoms with Crippen molar-refractivity contribution in [2.45, 2.75) is 110 Å². The van der Waals surface area contributed by atoms with E-state index in [-0.39, 0.29) is 96.8 Å². The summed E-state index contributed by atoms with van der Waals surface area (Å²) in [6.45, 7) is 2.27. The van der Waals surface area contributed by atoms with Crippen molar-refractivity contribution in [3.8, 4) is 0 Å². The van der Waals surface area contributed by atoms with Crippen molar-refractivity contribution in [3.05, 3.63) is 0 Å². The molecule has 0 atom stereocenters. The summed E-state index contributed by atoms with van der Waals surface area (Å²) >= 11 is 0. The summed E-state index contributed by atoms with van der Waals surface area (Å²) in [5.74, 6) is -0.903. The van der Waals surface area contributed by atoms with Crippen molar-refractivity contribution < 1.29 is 39.5 Å². The topological polar surface area (TPSA) is 40.1 Å². The zero-order valence-corrected chi connectivity index (χ0v) is 16.6. The van der Waals surface area contributed by atoms with Gasteiger partial charge in [0, 0.05) is 5.97 Å². The first-order valence-corrected chi connectivity index (χ1v) is 8.97. The molecule has 0 saturated heterocycles. The van der Waals surface area contributed by atoms with Crippen LogP contribution in [-0.4, -0.2) is 66.8 Å². The van der Waals surface area contributed by atoms with Crippen LogP contribution < -0.4 is 34.7 Å². The number of hydrogen-bond donors (Lipinski definition) is 0. The van der Waals surface area contributed by atoms with E-state index in [1.165, 1.54) is 83.5 Å². The van der Waals surface area contributed by atoms with Gasteiger partial charge >= 0.3 is 90.3 Å². The van der Waals surface area contributed by atoms with Crippen LogP contribution in [0.25, 0.3) is 0 Å². The Kier molecular flexibility index (Phi) is 42.1. The first-order valence-electron chi connectivity index (χ1n) is 8.97. The van der Waals surface area contributed by atoms with E-state index in [4.69, 9.17) is 0 Å². The number of rotatable bonds is 16. The summed E-state index contributed by atoms with van der Waals surface area (Å²) in [6.07, 6.45) is 19.9. The molecule has 0 aromatic heterocycles. The molecule has 0 amide bonds. The Morgan fingerprint density at radius 2 is 0.913 bits per heavy atom. The molecule has 0 rings (SSSR count). The van der Waals surface area contributed by atoms with Gasteiger partial charge in [0.05, 0.1) is 0 Å². The molecular weight excluding hydrogens is 336 g/mol. The second-order valence-corrected chi connectivity index (χ2v) is 6.07. The summed E-state index contributed by atoms with van der Waals surface area (Å²) in [5.41, 5.74) is 0. The minimum Gasteiger partial charge on any atom is 0.316 e. The second-order valence-electron chi connectivity index (χ2n) is 6.07. The molecule has 2 nitrogen and oxygen atoms in total. The standard InChI is InChI=1S/C18H36O2.Ca.Mg.Na.4H/c1-2-3-4-5-6-7-8-9-10-11-12-13-14-15-16-17-18(19)20;;;;;;;/h2-17H2,1H3,(H,19,20);;;;;;;/q;;;+1;;;;/p-1. The van der Waals surface area contributed by atoms with E-state index in [1.807, 2.05) is 0 Å². The second kappa shape index (κ2) is 29.3. The van der Waals surface area contributed by atoms with Crippen molar-refractivity contribution in [1.82, 2.24) is 0 Å². The van der Waals surface area contributed by atoms with Gasteiger partial charge in [0.15, 0.2) is 0 Å². The van der Waals surface area contributed by atoms with Crippen LogP contribution in [0, 0.1) is 0 Å². The van der Waals surface area contributed by atoms with Crippen molar-refractivity contribution in [3.63, 3.8) is 0 Å². The van der Waals surface area contributed by atoms with E-state index in [2.05, 4.69) is 6.92 Å². The Balaban J connectivity index is -0.000000602. The number of carbonyl (C=O) groups excluding carboxylic acids is 1. The predicted molar refractivity (Wildman–Crippen MR) is 102 cm³/mol. The predicted octanol–water partition coefficient (Wildman–Crippen LogP) is 0.169. The van der Waals surface area contributed by atoms with Crippen molar-refractivity contribution in [2.75, 3.05) is 0 Å². The quantitative estimate of drug-likeness (QED) is 0.285. The van der Waals surface area contributed by atoms with Gasteiger partial charge in [-0.15, -0.1) is 0 Å². The number of aliphatic carboxylic acids is 1. The zero-order chi connectivity index (χ0) is 14.9. The SMILES string of the molecule is CCCCCCCCCCCCCCCCCC(=O)[O-].[CaH2].[MgH2].[Na+]. The molecule has 5 heteroatoms. The van der Waals surface area contributed by atoms with Crippen LogP contribution in [0.2, 0.25) is 0 Å². The molecule has 0 unspecified atom stereocenters. The van der Waals surface area contributed by atoms with E-state index in [0.29, 0.717) is 0 Å². The Bertz CT molecular complexity index is 219. The first kappa shape index (κ1) is 33.1. The van der Waals surface area contributed by atoms with Gasteiger partial charge in [-0.05, 0) is 12.8 Å². The summed E-state index contributed by atoms with van der Waals surface area (Å²) < 4.78 is 0. The minimum atomic E-state index is -0.903. The number of carboxylic acids is 1. The van der Waals surface area contributed by atoms with Crippen LogP contribution in [0.3, 0.4) is 0 Å². The maximum absolute atomic E-state index is 10.2. The molecule has 0 bridgehead atoms. The normalized spacial score (nSPS) is 9.43. The minimum absolute atomic E-state index is 0. The van der Waals surface area contributed by atoms with Crippen LogP contribution in [0.5, 0.6) is 0 Å². The molecule has 0 aliphatic rings.